The number of carbonyl (C=O) groups excluding carboxylic acids is 1. The topological polar surface area (TPSA) is 131 Å². The highest BCUT2D eigenvalue weighted by molar-refractivity contribution is 7.91. The van der Waals surface area contributed by atoms with E-state index in [1.165, 1.54) is 7.11 Å². The first-order chi connectivity index (χ1) is 14.8. The molecule has 0 saturated carbocycles. The number of carbonyl (C=O) groups is 1. The summed E-state index contributed by atoms with van der Waals surface area (Å²) in [6, 6.07) is 8.78. The molecule has 9 nitrogen and oxygen atoms in total. The molecule has 0 spiro atoms. The van der Waals surface area contributed by atoms with Crippen LogP contribution in [0.15, 0.2) is 41.6 Å². The number of fused-ring (bicyclic) bond motifs is 2. The fraction of sp³-hybridized carbons (Fsp3) is 0.238. The standard InChI is InChI=1S/C21H19N5O4S/c1-13-9-18(31(28,29)8-6-19(27)30-2)17(16-5-7-23-20(13)16)12-26-11-14-3-4-15(10-22)24-21(14)25-26/h3-5,7,9,11,23H,6,8,12H2,1-2H3. The Morgan fingerprint density at radius 3 is 2.87 bits per heavy atom. The molecule has 0 amide bonds. The van der Waals surface area contributed by atoms with Crippen molar-refractivity contribution in [2.75, 3.05) is 12.9 Å². The Morgan fingerprint density at radius 2 is 2.13 bits per heavy atom. The van der Waals surface area contributed by atoms with Crippen LogP contribution in [0, 0.1) is 18.3 Å². The summed E-state index contributed by atoms with van der Waals surface area (Å²) in [6.45, 7) is 2.01. The second-order valence-corrected chi connectivity index (χ2v) is 9.21. The van der Waals surface area contributed by atoms with Gasteiger partial charge in [-0.15, -0.1) is 0 Å². The number of pyridine rings is 1. The Bertz CT molecular complexity index is 1460. The minimum absolute atomic E-state index is 0.159. The van der Waals surface area contributed by atoms with Crippen LogP contribution in [-0.4, -0.2) is 47.0 Å². The van der Waals surface area contributed by atoms with Gasteiger partial charge in [0.1, 0.15) is 11.8 Å². The van der Waals surface area contributed by atoms with Crippen molar-refractivity contribution in [3.05, 3.63) is 53.5 Å². The van der Waals surface area contributed by atoms with E-state index in [4.69, 9.17) is 5.26 Å². The number of aromatic nitrogens is 4. The molecule has 0 aliphatic carbocycles. The Morgan fingerprint density at radius 1 is 1.32 bits per heavy atom. The number of hydrogen-bond donors (Lipinski definition) is 1. The predicted octanol–water partition coefficient (Wildman–Crippen LogP) is 2.48. The summed E-state index contributed by atoms with van der Waals surface area (Å²) in [7, 11) is -2.54. The van der Waals surface area contributed by atoms with Crippen LogP contribution in [0.4, 0.5) is 0 Å². The highest BCUT2D eigenvalue weighted by Gasteiger charge is 2.24. The van der Waals surface area contributed by atoms with Crippen molar-refractivity contribution in [3.63, 3.8) is 0 Å². The smallest absolute Gasteiger partial charge is 0.306 e. The Balaban J connectivity index is 1.82. The van der Waals surface area contributed by atoms with E-state index in [9.17, 15) is 13.2 Å². The number of sulfone groups is 1. The minimum atomic E-state index is -3.76. The van der Waals surface area contributed by atoms with Gasteiger partial charge in [-0.05, 0) is 36.8 Å². The quantitative estimate of drug-likeness (QED) is 0.459. The summed E-state index contributed by atoms with van der Waals surface area (Å²) in [4.78, 5) is 19.0. The fourth-order valence-corrected chi connectivity index (χ4v) is 5.12. The largest absolute Gasteiger partial charge is 0.469 e. The maximum absolute atomic E-state index is 13.1. The summed E-state index contributed by atoms with van der Waals surface area (Å²) < 4.78 is 32.5. The molecule has 0 atom stereocenters. The molecule has 10 heteroatoms. The Kier molecular flexibility index (Phi) is 5.20. The van der Waals surface area contributed by atoms with Gasteiger partial charge < -0.3 is 9.72 Å². The van der Waals surface area contributed by atoms with Gasteiger partial charge in [0.25, 0.3) is 0 Å². The van der Waals surface area contributed by atoms with Gasteiger partial charge >= 0.3 is 5.97 Å². The van der Waals surface area contributed by atoms with E-state index in [-0.39, 0.29) is 29.3 Å². The number of nitrogens with one attached hydrogen (secondary N) is 1. The molecule has 0 unspecified atom stereocenters. The lowest BCUT2D eigenvalue weighted by Crippen LogP contribution is -2.16. The Hall–Kier alpha value is -3.71. The molecule has 31 heavy (non-hydrogen) atoms. The molecule has 0 aliphatic heterocycles. The van der Waals surface area contributed by atoms with Gasteiger partial charge in [0.15, 0.2) is 15.5 Å². The van der Waals surface area contributed by atoms with Gasteiger partial charge in [0, 0.05) is 34.2 Å². The molecule has 0 saturated heterocycles. The van der Waals surface area contributed by atoms with E-state index < -0.39 is 15.8 Å². The molecule has 0 aliphatic rings. The van der Waals surface area contributed by atoms with Crippen LogP contribution in [0.3, 0.4) is 0 Å². The van der Waals surface area contributed by atoms with Crippen molar-refractivity contribution in [1.29, 1.82) is 5.26 Å². The SMILES string of the molecule is COC(=O)CCS(=O)(=O)c1cc(C)c2[nH]ccc2c1Cn1cc2ccc(C#N)nc2n1. The zero-order chi connectivity index (χ0) is 22.2. The van der Waals surface area contributed by atoms with E-state index in [0.29, 0.717) is 11.2 Å². The van der Waals surface area contributed by atoms with Crippen LogP contribution < -0.4 is 0 Å². The number of aryl methyl sites for hydroxylation is 1. The highest BCUT2D eigenvalue weighted by Crippen LogP contribution is 2.30. The average Bonchev–Trinajstić information content (AvgIpc) is 3.40. The molecule has 3 aromatic heterocycles. The number of esters is 1. The van der Waals surface area contributed by atoms with Gasteiger partial charge in [0.05, 0.1) is 30.7 Å². The van der Waals surface area contributed by atoms with Crippen LogP contribution in [-0.2, 0) is 25.9 Å². The van der Waals surface area contributed by atoms with E-state index in [2.05, 4.69) is 19.8 Å². The molecule has 4 aromatic rings. The molecule has 1 N–H and O–H groups in total. The number of nitriles is 1. The van der Waals surface area contributed by atoms with Crippen LogP contribution >= 0.6 is 0 Å². The zero-order valence-electron chi connectivity index (χ0n) is 16.9. The predicted molar refractivity (Wildman–Crippen MR) is 113 cm³/mol. The first-order valence-corrected chi connectivity index (χ1v) is 11.1. The fourth-order valence-electron chi connectivity index (χ4n) is 3.56. The van der Waals surface area contributed by atoms with Crippen LogP contribution in [0.5, 0.6) is 0 Å². The van der Waals surface area contributed by atoms with Gasteiger partial charge in [-0.3, -0.25) is 9.48 Å². The number of nitrogens with zero attached hydrogens (tertiary/aromatic N) is 4. The number of H-pyrrole nitrogens is 1. The van der Waals surface area contributed by atoms with Crippen molar-refractivity contribution >= 4 is 37.7 Å². The Labute approximate surface area is 178 Å². The van der Waals surface area contributed by atoms with Gasteiger partial charge in [-0.2, -0.15) is 10.4 Å². The minimum Gasteiger partial charge on any atom is -0.469 e. The summed E-state index contributed by atoms with van der Waals surface area (Å²) >= 11 is 0. The maximum Gasteiger partial charge on any atom is 0.306 e. The van der Waals surface area contributed by atoms with E-state index in [0.717, 1.165) is 21.9 Å². The summed E-state index contributed by atoms with van der Waals surface area (Å²) in [5.74, 6) is -0.932. The molecule has 3 heterocycles. The summed E-state index contributed by atoms with van der Waals surface area (Å²) in [5, 5.41) is 15.0. The van der Waals surface area contributed by atoms with E-state index in [1.54, 1.807) is 35.3 Å². The lowest BCUT2D eigenvalue weighted by atomic mass is 10.1. The summed E-state index contributed by atoms with van der Waals surface area (Å²) in [5.41, 5.74) is 2.86. The van der Waals surface area contributed by atoms with Crippen LogP contribution in [0.25, 0.3) is 21.9 Å². The molecule has 4 rings (SSSR count). The summed E-state index contributed by atoms with van der Waals surface area (Å²) in [6.07, 6.45) is 3.29. The number of hydrogen-bond acceptors (Lipinski definition) is 7. The van der Waals surface area contributed by atoms with Gasteiger partial charge in [-0.25, -0.2) is 13.4 Å². The number of aromatic amines is 1. The third kappa shape index (κ3) is 3.87. The first-order valence-electron chi connectivity index (χ1n) is 9.46. The van der Waals surface area contributed by atoms with Gasteiger partial charge in [0.2, 0.25) is 0 Å². The van der Waals surface area contributed by atoms with Crippen molar-refractivity contribution in [1.82, 2.24) is 19.7 Å². The zero-order valence-corrected chi connectivity index (χ0v) is 17.7. The maximum atomic E-state index is 13.1. The molecular formula is C21H19N5O4S. The molecule has 0 fully saturated rings. The lowest BCUT2D eigenvalue weighted by molar-refractivity contribution is -0.140. The van der Waals surface area contributed by atoms with Crippen LogP contribution in [0.1, 0.15) is 23.2 Å². The molecule has 158 valence electrons. The normalized spacial score (nSPS) is 11.6. The van der Waals surface area contributed by atoms with Gasteiger partial charge in [-0.1, -0.05) is 0 Å². The van der Waals surface area contributed by atoms with Crippen molar-refractivity contribution in [3.8, 4) is 6.07 Å². The second kappa shape index (κ2) is 7.85. The van der Waals surface area contributed by atoms with E-state index >= 15 is 0 Å². The van der Waals surface area contributed by atoms with Crippen molar-refractivity contribution in [2.24, 2.45) is 0 Å². The monoisotopic (exact) mass is 437 g/mol. The lowest BCUT2D eigenvalue weighted by Gasteiger charge is -2.14. The second-order valence-electron chi connectivity index (χ2n) is 7.13. The molecular weight excluding hydrogens is 418 g/mol. The van der Waals surface area contributed by atoms with Crippen LogP contribution in [0.2, 0.25) is 0 Å². The third-order valence-electron chi connectivity index (χ3n) is 5.10. The average molecular weight is 437 g/mol. The first kappa shape index (κ1) is 20.6. The molecule has 1 aromatic carbocycles. The molecule has 0 bridgehead atoms. The van der Waals surface area contributed by atoms with Crippen molar-refractivity contribution in [2.45, 2.75) is 24.8 Å². The third-order valence-corrected chi connectivity index (χ3v) is 6.88. The molecule has 0 radical (unpaired) electrons. The number of benzene rings is 1. The van der Waals surface area contributed by atoms with E-state index in [1.807, 2.05) is 19.1 Å². The number of ether oxygens (including phenoxy) is 1. The number of methoxy groups -OCH3 is 1. The highest BCUT2D eigenvalue weighted by atomic mass is 32.2. The van der Waals surface area contributed by atoms with Crippen molar-refractivity contribution < 1.29 is 17.9 Å². The number of rotatable bonds is 6.